The molecule has 3 aromatic rings. The van der Waals surface area contributed by atoms with Crippen LogP contribution in [-0.4, -0.2) is 36.5 Å². The summed E-state index contributed by atoms with van der Waals surface area (Å²) in [5, 5.41) is 15.7. The zero-order valence-electron chi connectivity index (χ0n) is 15.7. The summed E-state index contributed by atoms with van der Waals surface area (Å²) in [6.07, 6.45) is 4.39. The Kier molecular flexibility index (Phi) is 4.75. The molecule has 7 nitrogen and oxygen atoms in total. The van der Waals surface area contributed by atoms with E-state index in [1.54, 1.807) is 6.33 Å². The monoisotopic (exact) mass is 364 g/mol. The lowest BCUT2D eigenvalue weighted by molar-refractivity contribution is 0.0933. The van der Waals surface area contributed by atoms with Crippen molar-refractivity contribution < 1.29 is 4.79 Å². The van der Waals surface area contributed by atoms with Crippen LogP contribution in [0.15, 0.2) is 36.7 Å². The van der Waals surface area contributed by atoms with Crippen LogP contribution in [0.2, 0.25) is 0 Å². The van der Waals surface area contributed by atoms with Gasteiger partial charge in [0.25, 0.3) is 5.91 Å². The molecule has 1 N–H and O–H groups in total. The van der Waals surface area contributed by atoms with Crippen molar-refractivity contribution in [2.75, 3.05) is 0 Å². The molecule has 1 amide bonds. The second-order valence-corrected chi connectivity index (χ2v) is 7.22. The van der Waals surface area contributed by atoms with E-state index in [-0.39, 0.29) is 11.9 Å². The summed E-state index contributed by atoms with van der Waals surface area (Å²) in [6.45, 7) is 5.60. The van der Waals surface area contributed by atoms with Crippen molar-refractivity contribution in [1.29, 1.82) is 0 Å². The van der Waals surface area contributed by atoms with Crippen LogP contribution in [0.25, 0.3) is 0 Å². The SMILES string of the molecule is Cc1cc(C)n(Cc2ccc(C(=O)NC3CCc4nncn4CC3)cc2)n1. The molecule has 2 aromatic heterocycles. The number of fused-ring (bicyclic) bond motifs is 1. The van der Waals surface area contributed by atoms with Gasteiger partial charge in [-0.25, -0.2) is 0 Å². The van der Waals surface area contributed by atoms with E-state index in [4.69, 9.17) is 0 Å². The number of nitrogens with zero attached hydrogens (tertiary/aromatic N) is 5. The molecule has 4 rings (SSSR count). The number of nitrogens with one attached hydrogen (secondary N) is 1. The van der Waals surface area contributed by atoms with Gasteiger partial charge in [-0.05, 0) is 50.5 Å². The Balaban J connectivity index is 1.36. The van der Waals surface area contributed by atoms with Crippen molar-refractivity contribution >= 4 is 5.91 Å². The van der Waals surface area contributed by atoms with Crippen LogP contribution in [0, 0.1) is 13.8 Å². The predicted octanol–water partition coefficient (Wildman–Crippen LogP) is 2.27. The molecule has 0 saturated carbocycles. The zero-order chi connectivity index (χ0) is 18.8. The van der Waals surface area contributed by atoms with Crippen molar-refractivity contribution in [2.45, 2.75) is 52.2 Å². The molecule has 7 heteroatoms. The van der Waals surface area contributed by atoms with Crippen molar-refractivity contribution in [3.63, 3.8) is 0 Å². The fourth-order valence-electron chi connectivity index (χ4n) is 3.58. The lowest BCUT2D eigenvalue weighted by atomic mass is 10.1. The molecule has 0 spiro atoms. The Morgan fingerprint density at radius 2 is 2.04 bits per heavy atom. The summed E-state index contributed by atoms with van der Waals surface area (Å²) >= 11 is 0. The van der Waals surface area contributed by atoms with Gasteiger partial charge in [0.2, 0.25) is 0 Å². The number of amides is 1. The van der Waals surface area contributed by atoms with E-state index in [0.29, 0.717) is 12.1 Å². The van der Waals surface area contributed by atoms with E-state index in [9.17, 15) is 4.79 Å². The van der Waals surface area contributed by atoms with Gasteiger partial charge in [-0.15, -0.1) is 10.2 Å². The Bertz CT molecular complexity index is 917. The van der Waals surface area contributed by atoms with E-state index < -0.39 is 0 Å². The van der Waals surface area contributed by atoms with Gasteiger partial charge in [0.05, 0.1) is 12.2 Å². The number of carbonyl (C=O) groups is 1. The first-order valence-electron chi connectivity index (χ1n) is 9.36. The highest BCUT2D eigenvalue weighted by atomic mass is 16.1. The van der Waals surface area contributed by atoms with Crippen LogP contribution >= 0.6 is 0 Å². The molecule has 27 heavy (non-hydrogen) atoms. The Labute approximate surface area is 158 Å². The summed E-state index contributed by atoms with van der Waals surface area (Å²) in [6, 6.07) is 10.0. The quantitative estimate of drug-likeness (QED) is 0.770. The molecule has 3 heterocycles. The third-order valence-corrected chi connectivity index (χ3v) is 5.12. The second kappa shape index (κ2) is 7.34. The Hall–Kier alpha value is -2.96. The van der Waals surface area contributed by atoms with Gasteiger partial charge in [0.15, 0.2) is 0 Å². The maximum Gasteiger partial charge on any atom is 0.251 e. The van der Waals surface area contributed by atoms with E-state index in [2.05, 4.69) is 38.2 Å². The number of aromatic nitrogens is 5. The minimum atomic E-state index is -0.0182. The maximum absolute atomic E-state index is 12.6. The highest BCUT2D eigenvalue weighted by Gasteiger charge is 2.19. The summed E-state index contributed by atoms with van der Waals surface area (Å²) in [5.74, 6) is 0.982. The van der Waals surface area contributed by atoms with Gasteiger partial charge in [-0.2, -0.15) is 5.10 Å². The third kappa shape index (κ3) is 3.92. The molecule has 0 fully saturated rings. The van der Waals surface area contributed by atoms with E-state index >= 15 is 0 Å². The van der Waals surface area contributed by atoms with Crippen LogP contribution in [0.4, 0.5) is 0 Å². The number of hydrogen-bond donors (Lipinski definition) is 1. The number of hydrogen-bond acceptors (Lipinski definition) is 4. The first kappa shape index (κ1) is 17.5. The average Bonchev–Trinajstić information content (AvgIpc) is 3.18. The van der Waals surface area contributed by atoms with Crippen molar-refractivity contribution in [3.05, 3.63) is 65.0 Å². The first-order chi connectivity index (χ1) is 13.1. The lowest BCUT2D eigenvalue weighted by Crippen LogP contribution is -2.35. The van der Waals surface area contributed by atoms with E-state index in [1.165, 1.54) is 0 Å². The summed E-state index contributed by atoms with van der Waals surface area (Å²) < 4.78 is 4.05. The third-order valence-electron chi connectivity index (χ3n) is 5.12. The van der Waals surface area contributed by atoms with Crippen LogP contribution in [-0.2, 0) is 19.5 Å². The van der Waals surface area contributed by atoms with E-state index in [1.807, 2.05) is 35.9 Å². The molecular weight excluding hydrogens is 340 g/mol. The van der Waals surface area contributed by atoms with Gasteiger partial charge in [0, 0.05) is 30.3 Å². The van der Waals surface area contributed by atoms with Crippen LogP contribution in [0.5, 0.6) is 0 Å². The standard InChI is InChI=1S/C20H24N6O/c1-14-11-15(2)26(24-14)12-16-3-5-17(6-4-16)20(27)22-18-7-8-19-23-21-13-25(19)10-9-18/h3-6,11,13,18H,7-10,12H2,1-2H3,(H,22,27). The second-order valence-electron chi connectivity index (χ2n) is 7.22. The highest BCUT2D eigenvalue weighted by molar-refractivity contribution is 5.94. The predicted molar refractivity (Wildman–Crippen MR) is 101 cm³/mol. The van der Waals surface area contributed by atoms with Gasteiger partial charge in [0.1, 0.15) is 12.2 Å². The lowest BCUT2D eigenvalue weighted by Gasteiger charge is -2.16. The van der Waals surface area contributed by atoms with Gasteiger partial charge in [-0.1, -0.05) is 12.1 Å². The molecule has 1 atom stereocenters. The smallest absolute Gasteiger partial charge is 0.251 e. The van der Waals surface area contributed by atoms with Crippen LogP contribution in [0.3, 0.4) is 0 Å². The normalized spacial score (nSPS) is 16.6. The Morgan fingerprint density at radius 3 is 2.78 bits per heavy atom. The van der Waals surface area contributed by atoms with Crippen LogP contribution in [0.1, 0.15) is 46.0 Å². The highest BCUT2D eigenvalue weighted by Crippen LogP contribution is 2.14. The van der Waals surface area contributed by atoms with Gasteiger partial charge in [-0.3, -0.25) is 9.48 Å². The largest absolute Gasteiger partial charge is 0.349 e. The summed E-state index contributed by atoms with van der Waals surface area (Å²) in [7, 11) is 0. The Morgan fingerprint density at radius 1 is 1.22 bits per heavy atom. The molecule has 0 aliphatic carbocycles. The molecular formula is C20H24N6O. The molecule has 1 aliphatic rings. The number of aryl methyl sites for hydroxylation is 4. The zero-order valence-corrected chi connectivity index (χ0v) is 15.7. The molecule has 0 bridgehead atoms. The molecule has 140 valence electrons. The van der Waals surface area contributed by atoms with Gasteiger partial charge >= 0.3 is 0 Å². The number of benzene rings is 1. The average molecular weight is 364 g/mol. The number of rotatable bonds is 4. The summed E-state index contributed by atoms with van der Waals surface area (Å²) in [5.41, 5.74) is 3.98. The topological polar surface area (TPSA) is 77.6 Å². The number of carbonyl (C=O) groups excluding carboxylic acids is 1. The minimum absolute atomic E-state index is 0.0182. The molecule has 1 aromatic carbocycles. The van der Waals surface area contributed by atoms with Gasteiger partial charge < -0.3 is 9.88 Å². The van der Waals surface area contributed by atoms with Crippen LogP contribution < -0.4 is 5.32 Å². The molecule has 1 aliphatic heterocycles. The molecule has 0 radical (unpaired) electrons. The summed E-state index contributed by atoms with van der Waals surface area (Å²) in [4.78, 5) is 12.6. The van der Waals surface area contributed by atoms with Crippen molar-refractivity contribution in [1.82, 2.24) is 29.9 Å². The fourth-order valence-corrected chi connectivity index (χ4v) is 3.58. The van der Waals surface area contributed by atoms with Crippen molar-refractivity contribution in [3.8, 4) is 0 Å². The molecule has 0 saturated heterocycles. The first-order valence-corrected chi connectivity index (χ1v) is 9.36. The molecule has 1 unspecified atom stereocenters. The minimum Gasteiger partial charge on any atom is -0.349 e. The van der Waals surface area contributed by atoms with Crippen molar-refractivity contribution in [2.24, 2.45) is 0 Å². The fraction of sp³-hybridized carbons (Fsp3) is 0.400. The van der Waals surface area contributed by atoms with E-state index in [0.717, 1.165) is 48.6 Å². The maximum atomic E-state index is 12.6.